The monoisotopic (exact) mass is 756 g/mol. The third-order valence-electron chi connectivity index (χ3n) is 9.44. The highest BCUT2D eigenvalue weighted by molar-refractivity contribution is 5.92. The summed E-state index contributed by atoms with van der Waals surface area (Å²) in [6.07, 6.45) is -1.30. The molecule has 2 fully saturated rings. The Kier molecular flexibility index (Phi) is 11.6. The molecule has 0 spiro atoms. The maximum Gasteiger partial charge on any atom is 0.414 e. The zero-order chi connectivity index (χ0) is 39.3. The molecular weight excluding hydrogens is 704 g/mol. The fourth-order valence-corrected chi connectivity index (χ4v) is 6.82. The molecule has 0 bridgehead atoms. The Morgan fingerprint density at radius 3 is 1.65 bits per heavy atom. The van der Waals surface area contributed by atoms with Crippen LogP contribution >= 0.6 is 0 Å². The molecule has 0 aliphatic carbocycles. The van der Waals surface area contributed by atoms with E-state index in [1.165, 1.54) is 0 Å². The number of hydrogen-bond donors (Lipinski definition) is 1. The van der Waals surface area contributed by atoms with Crippen molar-refractivity contribution in [3.05, 3.63) is 83.4 Å². The van der Waals surface area contributed by atoms with E-state index in [-0.39, 0.29) is 31.5 Å². The van der Waals surface area contributed by atoms with Gasteiger partial charge in [0.1, 0.15) is 24.4 Å². The number of rotatable bonds is 4. The molecule has 4 aliphatic heterocycles. The number of anilines is 4. The zero-order valence-corrected chi connectivity index (χ0v) is 32.6. The van der Waals surface area contributed by atoms with E-state index < -0.39 is 17.3 Å². The summed E-state index contributed by atoms with van der Waals surface area (Å²) in [6.45, 7) is 17.4. The third kappa shape index (κ3) is 9.91. The molecule has 14 nitrogen and oxygen atoms in total. The van der Waals surface area contributed by atoms with E-state index in [1.807, 2.05) is 102 Å². The summed E-state index contributed by atoms with van der Waals surface area (Å²) in [5.41, 5.74) is 5.80. The predicted octanol–water partition coefficient (Wildman–Crippen LogP) is 7.21. The van der Waals surface area contributed by atoms with Crippen LogP contribution in [0.2, 0.25) is 0 Å². The normalized spacial score (nSPS) is 17.1. The Hall–Kier alpha value is -5.66. The van der Waals surface area contributed by atoms with Crippen LogP contribution < -0.4 is 20.0 Å². The van der Waals surface area contributed by atoms with Crippen molar-refractivity contribution in [1.82, 2.24) is 9.80 Å². The van der Waals surface area contributed by atoms with Crippen molar-refractivity contribution >= 4 is 47.1 Å². The first kappa shape index (κ1) is 39.0. The summed E-state index contributed by atoms with van der Waals surface area (Å²) in [4.78, 5) is 58.0. The van der Waals surface area contributed by atoms with E-state index in [0.29, 0.717) is 58.9 Å². The fraction of sp³-hybridized carbons (Fsp3) is 0.463. The lowest BCUT2D eigenvalue weighted by molar-refractivity contribution is 0.0230. The molecule has 0 atom stereocenters. The number of piperazine rings is 2. The van der Waals surface area contributed by atoms with Gasteiger partial charge in [-0.1, -0.05) is 42.5 Å². The van der Waals surface area contributed by atoms with Gasteiger partial charge in [0.25, 0.3) is 0 Å². The Bertz CT molecular complexity index is 1860. The number of ether oxygens (including phenoxy) is 4. The zero-order valence-electron chi connectivity index (χ0n) is 32.6. The van der Waals surface area contributed by atoms with Gasteiger partial charge < -0.3 is 38.5 Å². The Morgan fingerprint density at radius 1 is 0.618 bits per heavy atom. The van der Waals surface area contributed by atoms with E-state index in [1.54, 1.807) is 14.7 Å². The number of nitrogens with one attached hydrogen (secondary N) is 1. The number of cyclic esters (lactones) is 2. The highest BCUT2D eigenvalue weighted by atomic mass is 16.6. The van der Waals surface area contributed by atoms with Gasteiger partial charge in [-0.05, 0) is 71.4 Å². The molecule has 0 radical (unpaired) electrons. The van der Waals surface area contributed by atoms with Gasteiger partial charge in [0.2, 0.25) is 0 Å². The van der Waals surface area contributed by atoms with Crippen LogP contribution in [0.15, 0.2) is 66.7 Å². The van der Waals surface area contributed by atoms with Crippen LogP contribution in [0.4, 0.5) is 41.9 Å². The predicted molar refractivity (Wildman–Crippen MR) is 210 cm³/mol. The lowest BCUT2D eigenvalue weighted by Gasteiger charge is -2.39. The molecule has 14 heteroatoms. The lowest BCUT2D eigenvalue weighted by Crippen LogP contribution is -2.50. The topological polar surface area (TPSA) is 133 Å². The van der Waals surface area contributed by atoms with Crippen molar-refractivity contribution in [2.75, 3.05) is 72.4 Å². The second-order valence-corrected chi connectivity index (χ2v) is 15.8. The summed E-state index contributed by atoms with van der Waals surface area (Å²) in [6, 6.07) is 21.7. The second kappa shape index (κ2) is 16.4. The van der Waals surface area contributed by atoms with Gasteiger partial charge in [0, 0.05) is 74.9 Å². The van der Waals surface area contributed by atoms with Gasteiger partial charge in [-0.2, -0.15) is 0 Å². The van der Waals surface area contributed by atoms with Gasteiger partial charge in [0.15, 0.2) is 0 Å². The van der Waals surface area contributed by atoms with E-state index in [9.17, 15) is 19.2 Å². The number of carbonyl (C=O) groups excluding carboxylic acids is 4. The van der Waals surface area contributed by atoms with Crippen molar-refractivity contribution in [3.63, 3.8) is 0 Å². The van der Waals surface area contributed by atoms with Crippen LogP contribution in [0.25, 0.3) is 0 Å². The van der Waals surface area contributed by atoms with Crippen molar-refractivity contribution in [3.8, 4) is 0 Å². The third-order valence-corrected chi connectivity index (χ3v) is 9.44. The summed E-state index contributed by atoms with van der Waals surface area (Å²) in [5, 5.41) is 2.72. The summed E-state index contributed by atoms with van der Waals surface area (Å²) in [5.74, 6) is 0. The SMILES string of the molecule is CC(C)(C)OC(=O)N1CCN(c2cccc3c2COC(=O)N3)CC1.CC(C)(C)OC(=O)N1CCN(c2cccc3c2COC(=O)N3Cc2ccccc2)CC1. The minimum absolute atomic E-state index is 0.252. The highest BCUT2D eigenvalue weighted by Gasteiger charge is 2.32. The number of benzene rings is 3. The number of nitrogens with zero attached hydrogens (tertiary/aromatic N) is 5. The summed E-state index contributed by atoms with van der Waals surface area (Å²) < 4.78 is 21.5. The lowest BCUT2D eigenvalue weighted by atomic mass is 10.1. The Morgan fingerprint density at radius 2 is 1.11 bits per heavy atom. The molecule has 4 aliphatic rings. The summed E-state index contributed by atoms with van der Waals surface area (Å²) in [7, 11) is 0. The van der Waals surface area contributed by atoms with Gasteiger partial charge in [0.05, 0.1) is 17.9 Å². The van der Waals surface area contributed by atoms with Gasteiger partial charge >= 0.3 is 24.4 Å². The van der Waals surface area contributed by atoms with Crippen LogP contribution in [0.5, 0.6) is 0 Å². The molecule has 3 aromatic rings. The van der Waals surface area contributed by atoms with Crippen LogP contribution in [-0.2, 0) is 38.7 Å². The minimum atomic E-state index is -0.501. The van der Waals surface area contributed by atoms with Gasteiger partial charge in [-0.15, -0.1) is 0 Å². The van der Waals surface area contributed by atoms with E-state index >= 15 is 0 Å². The van der Waals surface area contributed by atoms with Crippen LogP contribution in [0, 0.1) is 0 Å². The largest absolute Gasteiger partial charge is 0.444 e. The fourth-order valence-electron chi connectivity index (χ4n) is 6.82. The molecule has 4 amide bonds. The highest BCUT2D eigenvalue weighted by Crippen LogP contribution is 2.36. The number of carbonyl (C=O) groups is 4. The number of hydrogen-bond acceptors (Lipinski definition) is 10. The maximum atomic E-state index is 12.5. The first-order chi connectivity index (χ1) is 26.1. The molecule has 3 aromatic carbocycles. The molecule has 0 aromatic heterocycles. The number of amides is 4. The average molecular weight is 757 g/mol. The molecule has 4 heterocycles. The van der Waals surface area contributed by atoms with E-state index in [2.05, 4.69) is 21.2 Å². The van der Waals surface area contributed by atoms with Gasteiger partial charge in [-0.25, -0.2) is 19.2 Å². The molecule has 2 saturated heterocycles. The van der Waals surface area contributed by atoms with Crippen molar-refractivity contribution < 1.29 is 38.1 Å². The van der Waals surface area contributed by atoms with Crippen molar-refractivity contribution in [2.24, 2.45) is 0 Å². The van der Waals surface area contributed by atoms with E-state index in [4.69, 9.17) is 18.9 Å². The van der Waals surface area contributed by atoms with Crippen molar-refractivity contribution in [1.29, 1.82) is 0 Å². The van der Waals surface area contributed by atoms with Crippen LogP contribution in [-0.4, -0.2) is 97.7 Å². The van der Waals surface area contributed by atoms with Crippen LogP contribution in [0.3, 0.4) is 0 Å². The molecule has 294 valence electrons. The quantitative estimate of drug-likeness (QED) is 0.273. The minimum Gasteiger partial charge on any atom is -0.444 e. The molecule has 55 heavy (non-hydrogen) atoms. The smallest absolute Gasteiger partial charge is 0.414 e. The number of fused-ring (bicyclic) bond motifs is 2. The Labute approximate surface area is 322 Å². The maximum absolute atomic E-state index is 12.5. The Balaban J connectivity index is 0.000000193. The average Bonchev–Trinajstić information content (AvgIpc) is 3.15. The van der Waals surface area contributed by atoms with Crippen LogP contribution in [0.1, 0.15) is 58.2 Å². The molecule has 0 saturated carbocycles. The molecular formula is C41H52N6O8. The molecule has 0 unspecified atom stereocenters. The first-order valence-electron chi connectivity index (χ1n) is 18.8. The summed E-state index contributed by atoms with van der Waals surface area (Å²) >= 11 is 0. The molecule has 7 rings (SSSR count). The second-order valence-electron chi connectivity index (χ2n) is 15.8. The molecule has 1 N–H and O–H groups in total. The van der Waals surface area contributed by atoms with Crippen molar-refractivity contribution in [2.45, 2.75) is 72.5 Å². The van der Waals surface area contributed by atoms with E-state index in [0.717, 1.165) is 39.4 Å². The van der Waals surface area contributed by atoms with Gasteiger partial charge in [-0.3, -0.25) is 10.2 Å². The standard InChI is InChI=1S/C24H29N3O4.C17H23N3O4/c1-24(2,3)31-22(28)26-14-12-25(13-15-26)20-10-7-11-21-19(20)17-30-23(29)27(21)16-18-8-5-4-6-9-18;1-17(2,3)24-16(22)20-9-7-19(8-10-20)14-6-4-5-13-12(14)11-23-15(21)18-13/h4-11H,12-17H2,1-3H3;4-6H,7-11H2,1-3H3,(H,18,21). The first-order valence-corrected chi connectivity index (χ1v) is 18.8.